The Labute approximate surface area is 115 Å². The second kappa shape index (κ2) is 5.96. The summed E-state index contributed by atoms with van der Waals surface area (Å²) in [5, 5.41) is 14.1. The van der Waals surface area contributed by atoms with E-state index in [0.717, 1.165) is 31.7 Å². The molecule has 0 spiro atoms. The molecule has 2 aromatic rings. The number of hydrogen-bond donors (Lipinski definition) is 1. The zero-order valence-corrected chi connectivity index (χ0v) is 11.0. The van der Waals surface area contributed by atoms with Crippen LogP contribution in [0.5, 0.6) is 0 Å². The third-order valence-electron chi connectivity index (χ3n) is 3.40. The van der Waals surface area contributed by atoms with Crippen LogP contribution in [0.3, 0.4) is 0 Å². The van der Waals surface area contributed by atoms with Crippen LogP contribution < -0.4 is 5.32 Å². The standard InChI is InChI=1S/C13H16FN5O/c14-12-4-3-11(19-9-16-17-18-19)6-13(12)15-7-10-2-1-5-20-8-10/h3-4,6,9-10,15H,1-2,5,7-8H2. The van der Waals surface area contributed by atoms with Gasteiger partial charge in [-0.2, -0.15) is 0 Å². The minimum Gasteiger partial charge on any atom is -0.382 e. The number of anilines is 1. The van der Waals surface area contributed by atoms with Gasteiger partial charge in [-0.15, -0.1) is 5.10 Å². The summed E-state index contributed by atoms with van der Waals surface area (Å²) in [6.07, 6.45) is 3.66. The maximum atomic E-state index is 13.8. The van der Waals surface area contributed by atoms with Crippen molar-refractivity contribution in [1.82, 2.24) is 20.2 Å². The fourth-order valence-electron chi connectivity index (χ4n) is 2.29. The van der Waals surface area contributed by atoms with Crippen molar-refractivity contribution in [3.8, 4) is 5.69 Å². The number of tetrazole rings is 1. The van der Waals surface area contributed by atoms with E-state index >= 15 is 0 Å². The Balaban J connectivity index is 1.70. The van der Waals surface area contributed by atoms with Gasteiger partial charge < -0.3 is 10.1 Å². The number of benzene rings is 1. The first-order valence-corrected chi connectivity index (χ1v) is 6.67. The van der Waals surface area contributed by atoms with Gasteiger partial charge in [0, 0.05) is 13.2 Å². The molecule has 0 aliphatic carbocycles. The Morgan fingerprint density at radius 1 is 1.45 bits per heavy atom. The molecule has 20 heavy (non-hydrogen) atoms. The number of aromatic nitrogens is 4. The van der Waals surface area contributed by atoms with Gasteiger partial charge in [0.05, 0.1) is 18.0 Å². The normalized spacial score (nSPS) is 18.9. The van der Waals surface area contributed by atoms with Crippen molar-refractivity contribution in [1.29, 1.82) is 0 Å². The molecule has 1 atom stereocenters. The van der Waals surface area contributed by atoms with E-state index in [9.17, 15) is 4.39 Å². The molecular formula is C13H16FN5O. The number of nitrogens with zero attached hydrogens (tertiary/aromatic N) is 4. The third kappa shape index (κ3) is 2.93. The van der Waals surface area contributed by atoms with Crippen LogP contribution in [-0.2, 0) is 4.74 Å². The first-order valence-electron chi connectivity index (χ1n) is 6.67. The molecule has 1 aromatic carbocycles. The highest BCUT2D eigenvalue weighted by molar-refractivity contribution is 5.52. The van der Waals surface area contributed by atoms with Crippen molar-refractivity contribution < 1.29 is 9.13 Å². The Kier molecular flexibility index (Phi) is 3.87. The van der Waals surface area contributed by atoms with E-state index in [-0.39, 0.29) is 5.82 Å². The zero-order chi connectivity index (χ0) is 13.8. The predicted molar refractivity (Wildman–Crippen MR) is 71.1 cm³/mol. The maximum Gasteiger partial charge on any atom is 0.146 e. The van der Waals surface area contributed by atoms with E-state index in [0.29, 0.717) is 18.2 Å². The molecule has 6 nitrogen and oxygen atoms in total. The van der Waals surface area contributed by atoms with Gasteiger partial charge in [0.1, 0.15) is 12.1 Å². The molecule has 106 valence electrons. The highest BCUT2D eigenvalue weighted by Crippen LogP contribution is 2.20. The van der Waals surface area contributed by atoms with E-state index in [1.807, 2.05) is 0 Å². The van der Waals surface area contributed by atoms with Gasteiger partial charge in [-0.05, 0) is 47.4 Å². The lowest BCUT2D eigenvalue weighted by Gasteiger charge is -2.22. The summed E-state index contributed by atoms with van der Waals surface area (Å²) in [5.74, 6) is 0.151. The summed E-state index contributed by atoms with van der Waals surface area (Å²) in [6.45, 7) is 2.27. The Morgan fingerprint density at radius 2 is 2.40 bits per heavy atom. The molecule has 3 rings (SSSR count). The molecule has 1 unspecified atom stereocenters. The fraction of sp³-hybridized carbons (Fsp3) is 0.462. The molecule has 0 radical (unpaired) electrons. The Morgan fingerprint density at radius 3 is 3.15 bits per heavy atom. The summed E-state index contributed by atoms with van der Waals surface area (Å²) in [5.41, 5.74) is 1.18. The molecule has 1 aliphatic heterocycles. The predicted octanol–water partition coefficient (Wildman–Crippen LogP) is 1.64. The van der Waals surface area contributed by atoms with Crippen molar-refractivity contribution in [2.75, 3.05) is 25.1 Å². The van der Waals surface area contributed by atoms with Gasteiger partial charge >= 0.3 is 0 Å². The van der Waals surface area contributed by atoms with Gasteiger partial charge in [-0.25, -0.2) is 9.07 Å². The summed E-state index contributed by atoms with van der Waals surface area (Å²) in [6, 6.07) is 4.76. The topological polar surface area (TPSA) is 64.9 Å². The van der Waals surface area contributed by atoms with E-state index in [1.54, 1.807) is 12.1 Å². The molecule has 0 amide bonds. The quantitative estimate of drug-likeness (QED) is 0.920. The molecule has 1 saturated heterocycles. The maximum absolute atomic E-state index is 13.8. The second-order valence-electron chi connectivity index (χ2n) is 4.88. The van der Waals surface area contributed by atoms with Crippen molar-refractivity contribution >= 4 is 5.69 Å². The monoisotopic (exact) mass is 277 g/mol. The lowest BCUT2D eigenvalue weighted by Crippen LogP contribution is -2.24. The van der Waals surface area contributed by atoms with E-state index < -0.39 is 0 Å². The molecule has 7 heteroatoms. The van der Waals surface area contributed by atoms with Crippen molar-refractivity contribution in [3.63, 3.8) is 0 Å². The highest BCUT2D eigenvalue weighted by atomic mass is 19.1. The van der Waals surface area contributed by atoms with Gasteiger partial charge in [0.2, 0.25) is 0 Å². The van der Waals surface area contributed by atoms with Gasteiger partial charge in [0.15, 0.2) is 0 Å². The number of halogens is 1. The Hall–Kier alpha value is -2.02. The first-order chi connectivity index (χ1) is 9.83. The van der Waals surface area contributed by atoms with Gasteiger partial charge in [-0.1, -0.05) is 0 Å². The molecule has 1 N–H and O–H groups in total. The van der Waals surface area contributed by atoms with Crippen LogP contribution in [0.2, 0.25) is 0 Å². The first kappa shape index (κ1) is 13.0. The van der Waals surface area contributed by atoms with Crippen molar-refractivity contribution in [2.24, 2.45) is 5.92 Å². The van der Waals surface area contributed by atoms with Crippen LogP contribution in [-0.4, -0.2) is 40.0 Å². The number of rotatable bonds is 4. The summed E-state index contributed by atoms with van der Waals surface area (Å²) < 4.78 is 20.7. The number of hydrogen-bond acceptors (Lipinski definition) is 5. The third-order valence-corrected chi connectivity index (χ3v) is 3.40. The molecule has 0 bridgehead atoms. The Bertz CT molecular complexity index is 554. The van der Waals surface area contributed by atoms with Crippen molar-refractivity contribution in [2.45, 2.75) is 12.8 Å². The lowest BCUT2D eigenvalue weighted by molar-refractivity contribution is 0.0595. The fourth-order valence-corrected chi connectivity index (χ4v) is 2.29. The van der Waals surface area contributed by atoms with Crippen LogP contribution in [0.1, 0.15) is 12.8 Å². The van der Waals surface area contributed by atoms with E-state index in [1.165, 1.54) is 17.1 Å². The average Bonchev–Trinajstić information content (AvgIpc) is 3.02. The average molecular weight is 277 g/mol. The van der Waals surface area contributed by atoms with Crippen LogP contribution in [0.15, 0.2) is 24.5 Å². The van der Waals surface area contributed by atoms with E-state index in [4.69, 9.17) is 4.74 Å². The molecule has 1 aliphatic rings. The van der Waals surface area contributed by atoms with Crippen LogP contribution in [0, 0.1) is 11.7 Å². The SMILES string of the molecule is Fc1ccc(-n2cnnn2)cc1NCC1CCCOC1. The van der Waals surface area contributed by atoms with Crippen molar-refractivity contribution in [3.05, 3.63) is 30.3 Å². The molecule has 1 aromatic heterocycles. The largest absolute Gasteiger partial charge is 0.382 e. The van der Waals surface area contributed by atoms with Gasteiger partial charge in [-0.3, -0.25) is 0 Å². The number of ether oxygens (including phenoxy) is 1. The summed E-state index contributed by atoms with van der Waals surface area (Å²) in [7, 11) is 0. The summed E-state index contributed by atoms with van der Waals surface area (Å²) in [4.78, 5) is 0. The highest BCUT2D eigenvalue weighted by Gasteiger charge is 2.14. The molecular weight excluding hydrogens is 261 g/mol. The minimum atomic E-state index is -0.279. The summed E-state index contributed by atoms with van der Waals surface area (Å²) >= 11 is 0. The molecule has 2 heterocycles. The van der Waals surface area contributed by atoms with E-state index in [2.05, 4.69) is 20.8 Å². The minimum absolute atomic E-state index is 0.279. The second-order valence-corrected chi connectivity index (χ2v) is 4.88. The zero-order valence-electron chi connectivity index (χ0n) is 11.0. The lowest BCUT2D eigenvalue weighted by atomic mass is 10.0. The molecule has 0 saturated carbocycles. The molecule has 1 fully saturated rings. The van der Waals surface area contributed by atoms with Crippen LogP contribution in [0.25, 0.3) is 5.69 Å². The smallest absolute Gasteiger partial charge is 0.146 e. The van der Waals surface area contributed by atoms with Gasteiger partial charge in [0.25, 0.3) is 0 Å². The van der Waals surface area contributed by atoms with Crippen LogP contribution >= 0.6 is 0 Å². The van der Waals surface area contributed by atoms with Crippen LogP contribution in [0.4, 0.5) is 10.1 Å². The number of nitrogens with one attached hydrogen (secondary N) is 1.